The van der Waals surface area contributed by atoms with Crippen molar-refractivity contribution in [3.05, 3.63) is 28.2 Å². The van der Waals surface area contributed by atoms with E-state index in [0.29, 0.717) is 12.0 Å². The fourth-order valence-electron chi connectivity index (χ4n) is 1.66. The van der Waals surface area contributed by atoms with Gasteiger partial charge < -0.3 is 15.8 Å². The molecule has 1 aromatic rings. The molecule has 0 radical (unpaired) electrons. The number of aromatic nitrogens is 2. The number of carbonyl (C=O) groups is 1. The third-order valence-electron chi connectivity index (χ3n) is 2.78. The van der Waals surface area contributed by atoms with E-state index in [4.69, 9.17) is 10.5 Å². The Morgan fingerprint density at radius 2 is 2.18 bits per heavy atom. The molecule has 0 aliphatic carbocycles. The molecule has 0 saturated carbocycles. The Hall–Kier alpha value is -2.31. The molecule has 0 aliphatic heterocycles. The van der Waals surface area contributed by atoms with E-state index in [1.807, 2.05) is 6.92 Å². The first-order chi connectivity index (χ1) is 10.1. The van der Waals surface area contributed by atoms with Crippen LogP contribution in [0.25, 0.3) is 6.08 Å². The Labute approximate surface area is 130 Å². The smallest absolute Gasteiger partial charge is 0.407 e. The van der Waals surface area contributed by atoms with E-state index in [2.05, 4.69) is 10.3 Å². The largest absolute Gasteiger partial charge is 0.444 e. The molecule has 0 unspecified atom stereocenters. The highest BCUT2D eigenvalue weighted by Crippen LogP contribution is 2.07. The molecular weight excluding hydrogens is 284 g/mol. The molecule has 0 bridgehead atoms. The summed E-state index contributed by atoms with van der Waals surface area (Å²) in [7, 11) is 1.56. The molecule has 0 fully saturated rings. The SMILES string of the molecule is C[C@@H](C/C=C/c1cnc(N)n(C)c1=O)NC(=O)OC(C)(C)C. The van der Waals surface area contributed by atoms with Gasteiger partial charge in [-0.1, -0.05) is 12.2 Å². The van der Waals surface area contributed by atoms with Crippen molar-refractivity contribution in [1.82, 2.24) is 14.9 Å². The number of rotatable bonds is 4. The molecule has 0 spiro atoms. The number of alkyl carbamates (subject to hydrolysis) is 1. The van der Waals surface area contributed by atoms with Crippen molar-refractivity contribution in [1.29, 1.82) is 0 Å². The van der Waals surface area contributed by atoms with Gasteiger partial charge in [-0.2, -0.15) is 0 Å². The quantitative estimate of drug-likeness (QED) is 0.881. The fraction of sp³-hybridized carbons (Fsp3) is 0.533. The first-order valence-corrected chi connectivity index (χ1v) is 7.07. The predicted molar refractivity (Wildman–Crippen MR) is 86.4 cm³/mol. The zero-order valence-corrected chi connectivity index (χ0v) is 13.7. The number of nitrogens with one attached hydrogen (secondary N) is 1. The average Bonchev–Trinajstić information content (AvgIpc) is 2.36. The van der Waals surface area contributed by atoms with E-state index in [0.717, 1.165) is 0 Å². The first-order valence-electron chi connectivity index (χ1n) is 7.07. The van der Waals surface area contributed by atoms with Crippen molar-refractivity contribution in [2.24, 2.45) is 7.05 Å². The molecule has 0 aromatic carbocycles. The fourth-order valence-corrected chi connectivity index (χ4v) is 1.66. The Kier molecular flexibility index (Phi) is 5.73. The Bertz CT molecular complexity index is 614. The van der Waals surface area contributed by atoms with Crippen molar-refractivity contribution in [2.45, 2.75) is 45.8 Å². The lowest BCUT2D eigenvalue weighted by atomic mass is 10.2. The molecule has 1 atom stereocenters. The third-order valence-corrected chi connectivity index (χ3v) is 2.78. The highest BCUT2D eigenvalue weighted by molar-refractivity contribution is 5.68. The van der Waals surface area contributed by atoms with Gasteiger partial charge in [-0.3, -0.25) is 9.36 Å². The van der Waals surface area contributed by atoms with Gasteiger partial charge in [0.1, 0.15) is 5.60 Å². The van der Waals surface area contributed by atoms with Crippen molar-refractivity contribution >= 4 is 18.1 Å². The standard InChI is InChI=1S/C15H24N4O3/c1-10(18-14(21)22-15(2,3)4)7-6-8-11-9-17-13(16)19(5)12(11)20/h6,8-10H,7H2,1-5H3,(H2,16,17)(H,18,21)/b8-6+/t10-/m0/s1. The summed E-state index contributed by atoms with van der Waals surface area (Å²) in [4.78, 5) is 27.4. The number of hydrogen-bond acceptors (Lipinski definition) is 5. The monoisotopic (exact) mass is 308 g/mol. The van der Waals surface area contributed by atoms with Crippen molar-refractivity contribution in [3.8, 4) is 0 Å². The molecular formula is C15H24N4O3. The summed E-state index contributed by atoms with van der Waals surface area (Å²) < 4.78 is 6.45. The zero-order chi connectivity index (χ0) is 16.9. The maximum Gasteiger partial charge on any atom is 0.407 e. The molecule has 1 heterocycles. The van der Waals surface area contributed by atoms with Gasteiger partial charge in [-0.15, -0.1) is 0 Å². The molecule has 1 rings (SSSR count). The Morgan fingerprint density at radius 1 is 1.55 bits per heavy atom. The van der Waals surface area contributed by atoms with Crippen molar-refractivity contribution in [2.75, 3.05) is 5.73 Å². The zero-order valence-electron chi connectivity index (χ0n) is 13.7. The van der Waals surface area contributed by atoms with Crippen LogP contribution in [-0.2, 0) is 11.8 Å². The van der Waals surface area contributed by atoms with Gasteiger partial charge in [0.2, 0.25) is 5.95 Å². The second-order valence-corrected chi connectivity index (χ2v) is 6.12. The van der Waals surface area contributed by atoms with Gasteiger partial charge in [0.15, 0.2) is 0 Å². The summed E-state index contributed by atoms with van der Waals surface area (Å²) in [5.74, 6) is 0.169. The summed E-state index contributed by atoms with van der Waals surface area (Å²) in [6, 6.07) is -0.114. The number of nitrogens with zero attached hydrogens (tertiary/aromatic N) is 2. The number of carbonyl (C=O) groups excluding carboxylic acids is 1. The van der Waals surface area contributed by atoms with Gasteiger partial charge in [0.05, 0.1) is 5.56 Å². The van der Waals surface area contributed by atoms with Gasteiger partial charge in [-0.25, -0.2) is 9.78 Å². The van der Waals surface area contributed by atoms with Gasteiger partial charge in [-0.05, 0) is 34.1 Å². The number of anilines is 1. The lowest BCUT2D eigenvalue weighted by Gasteiger charge is -2.21. The van der Waals surface area contributed by atoms with Crippen LogP contribution < -0.4 is 16.6 Å². The molecule has 22 heavy (non-hydrogen) atoms. The van der Waals surface area contributed by atoms with E-state index in [1.165, 1.54) is 10.8 Å². The Morgan fingerprint density at radius 3 is 2.77 bits per heavy atom. The van der Waals surface area contributed by atoms with Gasteiger partial charge >= 0.3 is 6.09 Å². The van der Waals surface area contributed by atoms with E-state index in [-0.39, 0.29) is 17.5 Å². The average molecular weight is 308 g/mol. The minimum atomic E-state index is -0.526. The topological polar surface area (TPSA) is 99.2 Å². The van der Waals surface area contributed by atoms with E-state index in [9.17, 15) is 9.59 Å². The van der Waals surface area contributed by atoms with Crippen LogP contribution in [0.2, 0.25) is 0 Å². The lowest BCUT2D eigenvalue weighted by Crippen LogP contribution is -2.37. The Balaban J connectivity index is 2.57. The highest BCUT2D eigenvalue weighted by Gasteiger charge is 2.17. The highest BCUT2D eigenvalue weighted by atomic mass is 16.6. The molecule has 0 saturated heterocycles. The number of nitrogen functional groups attached to an aromatic ring is 1. The van der Waals surface area contributed by atoms with E-state index < -0.39 is 11.7 Å². The van der Waals surface area contributed by atoms with Crippen LogP contribution in [0, 0.1) is 0 Å². The third kappa shape index (κ3) is 5.59. The maximum absolute atomic E-state index is 11.9. The van der Waals surface area contributed by atoms with Crippen LogP contribution in [0.1, 0.15) is 39.7 Å². The second-order valence-electron chi connectivity index (χ2n) is 6.12. The van der Waals surface area contributed by atoms with Crippen LogP contribution in [0.5, 0.6) is 0 Å². The van der Waals surface area contributed by atoms with Crippen LogP contribution in [0.4, 0.5) is 10.7 Å². The summed E-state index contributed by atoms with van der Waals surface area (Å²) in [6.45, 7) is 7.27. The summed E-state index contributed by atoms with van der Waals surface area (Å²) in [5.41, 5.74) is 5.25. The van der Waals surface area contributed by atoms with Crippen LogP contribution in [0.15, 0.2) is 17.1 Å². The van der Waals surface area contributed by atoms with E-state index in [1.54, 1.807) is 40.0 Å². The second kappa shape index (κ2) is 7.11. The summed E-state index contributed by atoms with van der Waals surface area (Å²) >= 11 is 0. The minimum Gasteiger partial charge on any atom is -0.444 e. The van der Waals surface area contributed by atoms with Crippen molar-refractivity contribution < 1.29 is 9.53 Å². The van der Waals surface area contributed by atoms with Crippen molar-refractivity contribution in [3.63, 3.8) is 0 Å². The first kappa shape index (κ1) is 17.7. The van der Waals surface area contributed by atoms with Crippen LogP contribution >= 0.6 is 0 Å². The van der Waals surface area contributed by atoms with Crippen LogP contribution in [-0.4, -0.2) is 27.3 Å². The number of nitrogens with two attached hydrogens (primary N) is 1. The molecule has 1 amide bonds. The molecule has 3 N–H and O–H groups in total. The van der Waals surface area contributed by atoms with Gasteiger partial charge in [0, 0.05) is 19.3 Å². The van der Waals surface area contributed by atoms with Gasteiger partial charge in [0.25, 0.3) is 5.56 Å². The van der Waals surface area contributed by atoms with Crippen LogP contribution in [0.3, 0.4) is 0 Å². The molecule has 7 nitrogen and oxygen atoms in total. The lowest BCUT2D eigenvalue weighted by molar-refractivity contribution is 0.0509. The molecule has 7 heteroatoms. The predicted octanol–water partition coefficient (Wildman–Crippen LogP) is 1.68. The molecule has 0 aliphatic rings. The maximum atomic E-state index is 11.9. The normalized spacial score (nSPS) is 13.1. The molecule has 1 aromatic heterocycles. The minimum absolute atomic E-state index is 0.114. The summed E-state index contributed by atoms with van der Waals surface area (Å²) in [6.07, 6.45) is 5.00. The summed E-state index contributed by atoms with van der Waals surface area (Å²) in [5, 5.41) is 2.73. The molecule has 122 valence electrons. The van der Waals surface area contributed by atoms with E-state index >= 15 is 0 Å². The number of amides is 1. The number of hydrogen-bond donors (Lipinski definition) is 2. The number of ether oxygens (including phenoxy) is 1.